The zero-order valence-electron chi connectivity index (χ0n) is 17.9. The molecule has 4 rings (SSSR count). The van der Waals surface area contributed by atoms with Crippen LogP contribution in [0.5, 0.6) is 5.75 Å². The van der Waals surface area contributed by atoms with E-state index in [1.807, 2.05) is 0 Å². The SMILES string of the molecule is [C-]#[N+]C1=C(C(=O)OC)c2nc(-c3ccc(NS(C)(=O)=O)cc3)nn2C1=Nc1cc(Cl)c(O)c(Cl)c1. The second kappa shape index (κ2) is 9.03. The third-order valence-corrected chi connectivity index (χ3v) is 5.85. The van der Waals surface area contributed by atoms with E-state index >= 15 is 0 Å². The van der Waals surface area contributed by atoms with Crippen molar-refractivity contribution in [3.63, 3.8) is 0 Å². The molecule has 3 aromatic rings. The number of nitrogens with zero attached hydrogens (tertiary/aromatic N) is 5. The van der Waals surface area contributed by atoms with Gasteiger partial charge in [0.15, 0.2) is 23.2 Å². The number of phenolic OH excluding ortho intramolecular Hbond substituents is 1. The Morgan fingerprint density at radius 2 is 1.86 bits per heavy atom. The zero-order chi connectivity index (χ0) is 25.5. The van der Waals surface area contributed by atoms with Crippen LogP contribution in [0.4, 0.5) is 11.4 Å². The van der Waals surface area contributed by atoms with Crippen LogP contribution in [0.15, 0.2) is 47.1 Å². The van der Waals surface area contributed by atoms with Crippen molar-refractivity contribution in [3.8, 4) is 17.1 Å². The van der Waals surface area contributed by atoms with Gasteiger partial charge in [-0.3, -0.25) is 4.72 Å². The van der Waals surface area contributed by atoms with E-state index in [2.05, 4.69) is 24.6 Å². The van der Waals surface area contributed by atoms with Crippen molar-refractivity contribution in [1.29, 1.82) is 0 Å². The molecule has 2 N–H and O–H groups in total. The fourth-order valence-electron chi connectivity index (χ4n) is 3.20. The summed E-state index contributed by atoms with van der Waals surface area (Å²) >= 11 is 12.0. The van der Waals surface area contributed by atoms with Gasteiger partial charge in [0.1, 0.15) is 5.57 Å². The first kappa shape index (κ1) is 24.2. The maximum Gasteiger partial charge on any atom is 0.331 e. The molecule has 1 aliphatic rings. The highest BCUT2D eigenvalue weighted by molar-refractivity contribution is 7.92. The number of fused-ring (bicyclic) bond motifs is 1. The van der Waals surface area contributed by atoms with Crippen LogP contribution in [0, 0.1) is 6.57 Å². The van der Waals surface area contributed by atoms with Gasteiger partial charge in [0.2, 0.25) is 15.7 Å². The lowest BCUT2D eigenvalue weighted by Crippen LogP contribution is -2.11. The van der Waals surface area contributed by atoms with Crippen molar-refractivity contribution in [2.24, 2.45) is 4.99 Å². The molecule has 35 heavy (non-hydrogen) atoms. The van der Waals surface area contributed by atoms with Crippen LogP contribution in [0.3, 0.4) is 0 Å². The summed E-state index contributed by atoms with van der Waals surface area (Å²) in [7, 11) is -2.28. The van der Waals surface area contributed by atoms with E-state index in [4.69, 9.17) is 34.5 Å². The largest absolute Gasteiger partial charge is 0.505 e. The van der Waals surface area contributed by atoms with Gasteiger partial charge in [-0.25, -0.2) is 32.7 Å². The molecule has 0 saturated carbocycles. The number of hydrogen-bond acceptors (Lipinski definition) is 8. The number of halogens is 2. The molecule has 2 aromatic carbocycles. The highest BCUT2D eigenvalue weighted by atomic mass is 35.5. The predicted molar refractivity (Wildman–Crippen MR) is 130 cm³/mol. The lowest BCUT2D eigenvalue weighted by atomic mass is 10.2. The van der Waals surface area contributed by atoms with E-state index in [1.54, 1.807) is 12.1 Å². The normalized spacial score (nSPS) is 14.1. The quantitative estimate of drug-likeness (QED) is 0.376. The monoisotopic (exact) mass is 532 g/mol. The molecule has 11 nitrogen and oxygen atoms in total. The fourth-order valence-corrected chi connectivity index (χ4v) is 4.24. The van der Waals surface area contributed by atoms with Crippen LogP contribution in [0.25, 0.3) is 21.8 Å². The Kier molecular flexibility index (Phi) is 6.25. The Bertz CT molecular complexity index is 1560. The third-order valence-electron chi connectivity index (χ3n) is 4.66. The topological polar surface area (TPSA) is 140 Å². The summed E-state index contributed by atoms with van der Waals surface area (Å²) < 4.78 is 31.3. The molecule has 0 amide bonds. The summed E-state index contributed by atoms with van der Waals surface area (Å²) in [5, 5.41) is 14.1. The lowest BCUT2D eigenvalue weighted by Gasteiger charge is -2.05. The van der Waals surface area contributed by atoms with Gasteiger partial charge in [0.05, 0.1) is 35.7 Å². The van der Waals surface area contributed by atoms with Crippen molar-refractivity contribution in [3.05, 3.63) is 69.4 Å². The molecule has 0 bridgehead atoms. The van der Waals surface area contributed by atoms with Crippen molar-refractivity contribution < 1.29 is 23.1 Å². The smallest absolute Gasteiger partial charge is 0.331 e. The number of hydrogen-bond donors (Lipinski definition) is 2. The van der Waals surface area contributed by atoms with Gasteiger partial charge in [0.25, 0.3) is 0 Å². The molecular weight excluding hydrogens is 519 g/mol. The highest BCUT2D eigenvalue weighted by Gasteiger charge is 2.37. The minimum Gasteiger partial charge on any atom is -0.505 e. The van der Waals surface area contributed by atoms with E-state index in [1.165, 1.54) is 36.1 Å². The Morgan fingerprint density at radius 3 is 2.40 bits per heavy atom. The number of aromatic nitrogens is 3. The highest BCUT2D eigenvalue weighted by Crippen LogP contribution is 2.37. The van der Waals surface area contributed by atoms with E-state index in [-0.39, 0.29) is 50.2 Å². The molecule has 178 valence electrons. The number of ether oxygens (including phenoxy) is 1. The molecule has 14 heteroatoms. The van der Waals surface area contributed by atoms with Crippen molar-refractivity contribution in [2.75, 3.05) is 18.1 Å². The van der Waals surface area contributed by atoms with Gasteiger partial charge < -0.3 is 9.84 Å². The van der Waals surface area contributed by atoms with Crippen LogP contribution in [-0.4, -0.2) is 53.5 Å². The summed E-state index contributed by atoms with van der Waals surface area (Å²) in [6.45, 7) is 7.60. The van der Waals surface area contributed by atoms with Crippen LogP contribution in [0.2, 0.25) is 10.0 Å². The average molecular weight is 533 g/mol. The van der Waals surface area contributed by atoms with Gasteiger partial charge >= 0.3 is 5.97 Å². The molecule has 0 unspecified atom stereocenters. The Labute approximate surface area is 209 Å². The number of nitrogens with one attached hydrogen (secondary N) is 1. The van der Waals surface area contributed by atoms with Gasteiger partial charge in [-0.2, -0.15) is 0 Å². The number of esters is 1. The first-order chi connectivity index (χ1) is 16.5. The summed E-state index contributed by atoms with van der Waals surface area (Å²) in [6, 6.07) is 8.90. The second-order valence-corrected chi connectivity index (χ2v) is 9.71. The van der Waals surface area contributed by atoms with Crippen molar-refractivity contribution in [1.82, 2.24) is 14.8 Å². The minimum absolute atomic E-state index is 0.0256. The molecule has 2 heterocycles. The first-order valence-electron chi connectivity index (χ1n) is 9.55. The Hall–Kier alpha value is -3.92. The number of methoxy groups -OCH3 is 1. The summed E-state index contributed by atoms with van der Waals surface area (Å²) in [5.41, 5.74) is 0.767. The second-order valence-electron chi connectivity index (χ2n) is 7.14. The van der Waals surface area contributed by atoms with Gasteiger partial charge in [-0.15, -0.1) is 5.10 Å². The molecule has 0 aliphatic carbocycles. The Balaban J connectivity index is 1.85. The van der Waals surface area contributed by atoms with Crippen LogP contribution < -0.4 is 4.72 Å². The van der Waals surface area contributed by atoms with Crippen LogP contribution >= 0.6 is 23.2 Å². The molecule has 0 saturated heterocycles. The van der Waals surface area contributed by atoms with Crippen LogP contribution in [0.1, 0.15) is 5.82 Å². The number of carbonyl (C=O) groups excluding carboxylic acids is 1. The average Bonchev–Trinajstić information content (AvgIpc) is 3.34. The van der Waals surface area contributed by atoms with Crippen molar-refractivity contribution in [2.45, 2.75) is 0 Å². The zero-order valence-corrected chi connectivity index (χ0v) is 20.3. The van der Waals surface area contributed by atoms with Gasteiger partial charge in [0, 0.05) is 11.3 Å². The number of rotatable bonds is 5. The molecule has 0 radical (unpaired) electrons. The molecule has 0 spiro atoms. The number of benzene rings is 2. The number of aromatic hydroxyl groups is 1. The number of aliphatic imine (C=N–C) groups is 1. The summed E-state index contributed by atoms with van der Waals surface area (Å²) in [4.78, 5) is 24.7. The fraction of sp³-hybridized carbons (Fsp3) is 0.0952. The van der Waals surface area contributed by atoms with E-state index in [0.29, 0.717) is 11.3 Å². The Morgan fingerprint density at radius 1 is 1.23 bits per heavy atom. The predicted octanol–water partition coefficient (Wildman–Crippen LogP) is 3.72. The molecular formula is C21H14Cl2N6O5S. The first-order valence-corrected chi connectivity index (χ1v) is 12.2. The van der Waals surface area contributed by atoms with Gasteiger partial charge in [-0.1, -0.05) is 23.2 Å². The van der Waals surface area contributed by atoms with Crippen LogP contribution in [-0.2, 0) is 19.6 Å². The number of sulfonamides is 1. The maximum absolute atomic E-state index is 12.5. The number of carbonyl (C=O) groups is 1. The summed E-state index contributed by atoms with van der Waals surface area (Å²) in [6.07, 6.45) is 1.04. The molecule has 0 fully saturated rings. The lowest BCUT2D eigenvalue weighted by molar-refractivity contribution is -0.133. The number of allylic oxidation sites excluding steroid dienone is 1. The molecule has 1 aliphatic heterocycles. The van der Waals surface area contributed by atoms with E-state index < -0.39 is 16.0 Å². The third kappa shape index (κ3) is 4.69. The minimum atomic E-state index is -3.45. The van der Waals surface area contributed by atoms with Gasteiger partial charge in [-0.05, 0) is 36.4 Å². The number of anilines is 1. The molecule has 0 atom stereocenters. The molecule has 1 aromatic heterocycles. The standard InChI is InChI=1S/C21H14Cl2N6O5S/c1-24-16-15(21(31)34-2)19-26-18(10-4-6-11(7-5-10)28-35(3,32)33)27-29(19)20(16)25-12-8-13(22)17(30)14(23)9-12/h4-9,28,30H,2-3H3. The summed E-state index contributed by atoms with van der Waals surface area (Å²) in [5.74, 6) is -0.938. The maximum atomic E-state index is 12.5. The van der Waals surface area contributed by atoms with E-state index in [0.717, 1.165) is 6.26 Å². The van der Waals surface area contributed by atoms with Crippen molar-refractivity contribution >= 4 is 62.0 Å². The van der Waals surface area contributed by atoms with E-state index in [9.17, 15) is 18.3 Å². The number of phenols is 1.